The van der Waals surface area contributed by atoms with E-state index in [0.717, 1.165) is 22.8 Å². The van der Waals surface area contributed by atoms with Gasteiger partial charge in [0.25, 0.3) is 0 Å². The van der Waals surface area contributed by atoms with Crippen molar-refractivity contribution in [2.75, 3.05) is 0 Å². The van der Waals surface area contributed by atoms with Gasteiger partial charge in [0.2, 0.25) is 0 Å². The fourth-order valence-electron chi connectivity index (χ4n) is 4.10. The maximum atomic E-state index is 4.88. The molecule has 0 saturated carbocycles. The number of aromatic nitrogens is 3. The first-order chi connectivity index (χ1) is 15.8. The van der Waals surface area contributed by atoms with Gasteiger partial charge in [0.15, 0.2) is 11.6 Å². The zero-order valence-corrected chi connectivity index (χ0v) is 18.3. The second kappa shape index (κ2) is 7.66. The number of hydrogen-bond acceptors (Lipinski definition) is 4. The molecule has 6 aromatic rings. The Hall–Kier alpha value is -3.89. The minimum absolute atomic E-state index is 0.699. The molecule has 0 aliphatic heterocycles. The van der Waals surface area contributed by atoms with E-state index in [1.54, 1.807) is 11.3 Å². The van der Waals surface area contributed by atoms with Crippen LogP contribution in [0.25, 0.3) is 54.1 Å². The molecule has 0 saturated heterocycles. The van der Waals surface area contributed by atoms with E-state index in [1.807, 2.05) is 13.0 Å². The fraction of sp³-hybridized carbons (Fsp3) is 0.0357. The van der Waals surface area contributed by atoms with Gasteiger partial charge in [-0.1, -0.05) is 84.9 Å². The van der Waals surface area contributed by atoms with Crippen molar-refractivity contribution in [3.63, 3.8) is 0 Å². The summed E-state index contributed by atoms with van der Waals surface area (Å²) in [5.41, 5.74) is 4.41. The smallest absolute Gasteiger partial charge is 0.165 e. The minimum atomic E-state index is 0.699. The second-order valence-corrected chi connectivity index (χ2v) is 8.81. The molecule has 3 nitrogen and oxygen atoms in total. The summed E-state index contributed by atoms with van der Waals surface area (Å²) in [7, 11) is 0. The summed E-state index contributed by atoms with van der Waals surface area (Å²) in [4.78, 5) is 14.2. The van der Waals surface area contributed by atoms with Gasteiger partial charge in [-0.2, -0.15) is 0 Å². The standard InChI is InChI=1S/C28H19N3S/c1-18-29-27(21-16-14-20(15-17-21)19-8-3-2-4-9-19)31-28(30-18)24-12-7-11-23-22-10-5-6-13-25(22)32-26(23)24/h2-17H,1H3. The Labute approximate surface area is 190 Å². The lowest BCUT2D eigenvalue weighted by Gasteiger charge is -2.08. The third kappa shape index (κ3) is 3.26. The van der Waals surface area contributed by atoms with Crippen molar-refractivity contribution < 1.29 is 0 Å². The first kappa shape index (κ1) is 18.8. The van der Waals surface area contributed by atoms with Crippen molar-refractivity contribution in [3.8, 4) is 33.9 Å². The molecule has 0 bridgehead atoms. The molecule has 2 aromatic heterocycles. The molecule has 0 unspecified atom stereocenters. The Morgan fingerprint density at radius 2 is 1.19 bits per heavy atom. The van der Waals surface area contributed by atoms with Crippen LogP contribution in [0.2, 0.25) is 0 Å². The predicted octanol–water partition coefficient (Wildman–Crippen LogP) is 7.55. The number of fused-ring (bicyclic) bond motifs is 3. The Morgan fingerprint density at radius 3 is 2.03 bits per heavy atom. The number of benzene rings is 4. The summed E-state index contributed by atoms with van der Waals surface area (Å²) >= 11 is 1.79. The molecule has 4 heteroatoms. The van der Waals surface area contributed by atoms with E-state index < -0.39 is 0 Å². The molecular weight excluding hydrogens is 410 g/mol. The molecule has 0 aliphatic carbocycles. The maximum Gasteiger partial charge on any atom is 0.165 e. The highest BCUT2D eigenvalue weighted by molar-refractivity contribution is 7.26. The number of rotatable bonds is 3. The van der Waals surface area contributed by atoms with Crippen molar-refractivity contribution in [3.05, 3.63) is 103 Å². The van der Waals surface area contributed by atoms with Crippen molar-refractivity contribution in [2.45, 2.75) is 6.92 Å². The van der Waals surface area contributed by atoms with Crippen LogP contribution in [0.4, 0.5) is 0 Å². The van der Waals surface area contributed by atoms with Gasteiger partial charge in [0.05, 0.1) is 0 Å². The zero-order valence-electron chi connectivity index (χ0n) is 17.5. The van der Waals surface area contributed by atoms with Crippen LogP contribution in [-0.2, 0) is 0 Å². The van der Waals surface area contributed by atoms with Gasteiger partial charge in [-0.05, 0) is 30.2 Å². The highest BCUT2D eigenvalue weighted by atomic mass is 32.1. The highest BCUT2D eigenvalue weighted by Crippen LogP contribution is 2.39. The average molecular weight is 430 g/mol. The summed E-state index contributed by atoms with van der Waals surface area (Å²) in [6, 6.07) is 33.7. The summed E-state index contributed by atoms with van der Waals surface area (Å²) < 4.78 is 2.49. The maximum absolute atomic E-state index is 4.88. The van der Waals surface area contributed by atoms with Crippen LogP contribution in [0.15, 0.2) is 97.1 Å². The highest BCUT2D eigenvalue weighted by Gasteiger charge is 2.14. The van der Waals surface area contributed by atoms with Crippen LogP contribution < -0.4 is 0 Å². The van der Waals surface area contributed by atoms with Crippen LogP contribution >= 0.6 is 11.3 Å². The lowest BCUT2D eigenvalue weighted by molar-refractivity contribution is 0.993. The molecule has 152 valence electrons. The first-order valence-corrected chi connectivity index (χ1v) is 11.4. The molecule has 4 aromatic carbocycles. The van der Waals surface area contributed by atoms with Crippen molar-refractivity contribution >= 4 is 31.5 Å². The number of hydrogen-bond donors (Lipinski definition) is 0. The van der Waals surface area contributed by atoms with Gasteiger partial charge in [0.1, 0.15) is 5.82 Å². The minimum Gasteiger partial charge on any atom is -0.213 e. The quantitative estimate of drug-likeness (QED) is 0.291. The van der Waals surface area contributed by atoms with E-state index >= 15 is 0 Å². The molecule has 0 radical (unpaired) electrons. The summed E-state index contributed by atoms with van der Waals surface area (Å²) in [5.74, 6) is 2.14. The molecule has 0 fully saturated rings. The second-order valence-electron chi connectivity index (χ2n) is 7.75. The Bertz CT molecular complexity index is 1570. The zero-order chi connectivity index (χ0) is 21.5. The molecule has 2 heterocycles. The lowest BCUT2D eigenvalue weighted by atomic mass is 10.0. The van der Waals surface area contributed by atoms with E-state index in [4.69, 9.17) is 9.97 Å². The van der Waals surface area contributed by atoms with E-state index in [-0.39, 0.29) is 0 Å². The van der Waals surface area contributed by atoms with Gasteiger partial charge >= 0.3 is 0 Å². The normalized spacial score (nSPS) is 11.3. The molecule has 0 N–H and O–H groups in total. The summed E-state index contributed by atoms with van der Waals surface area (Å²) in [6.45, 7) is 1.93. The monoisotopic (exact) mass is 429 g/mol. The fourth-order valence-corrected chi connectivity index (χ4v) is 5.31. The molecular formula is C28H19N3S. The molecule has 32 heavy (non-hydrogen) atoms. The Morgan fingerprint density at radius 1 is 0.531 bits per heavy atom. The SMILES string of the molecule is Cc1nc(-c2ccc(-c3ccccc3)cc2)nc(-c2cccc3c2sc2ccccc23)n1. The summed E-state index contributed by atoms with van der Waals surface area (Å²) in [5, 5.41) is 2.52. The molecule has 0 atom stereocenters. The van der Waals surface area contributed by atoms with Crippen LogP contribution in [-0.4, -0.2) is 15.0 Å². The third-order valence-electron chi connectivity index (χ3n) is 5.64. The topological polar surface area (TPSA) is 38.7 Å². The number of thiophene rings is 1. The number of aryl methyl sites for hydroxylation is 1. The van der Waals surface area contributed by atoms with Crippen LogP contribution in [0.1, 0.15) is 5.82 Å². The van der Waals surface area contributed by atoms with Crippen LogP contribution in [0.5, 0.6) is 0 Å². The van der Waals surface area contributed by atoms with Crippen LogP contribution in [0.3, 0.4) is 0 Å². The Kier molecular flexibility index (Phi) is 4.51. The van der Waals surface area contributed by atoms with E-state index in [0.29, 0.717) is 5.82 Å². The van der Waals surface area contributed by atoms with E-state index in [1.165, 1.54) is 31.3 Å². The molecule has 0 aliphatic rings. The van der Waals surface area contributed by atoms with Gasteiger partial charge < -0.3 is 0 Å². The number of nitrogens with zero attached hydrogens (tertiary/aromatic N) is 3. The van der Waals surface area contributed by atoms with Gasteiger partial charge in [0, 0.05) is 31.3 Å². The van der Waals surface area contributed by atoms with Gasteiger partial charge in [-0.3, -0.25) is 0 Å². The van der Waals surface area contributed by atoms with Gasteiger partial charge in [-0.25, -0.2) is 15.0 Å². The average Bonchev–Trinajstić information content (AvgIpc) is 3.23. The first-order valence-electron chi connectivity index (χ1n) is 10.6. The third-order valence-corrected chi connectivity index (χ3v) is 6.86. The largest absolute Gasteiger partial charge is 0.213 e. The molecule has 6 rings (SSSR count). The van der Waals surface area contributed by atoms with Crippen LogP contribution in [0, 0.1) is 6.92 Å². The lowest BCUT2D eigenvalue weighted by Crippen LogP contribution is -1.99. The predicted molar refractivity (Wildman–Crippen MR) is 134 cm³/mol. The summed E-state index contributed by atoms with van der Waals surface area (Å²) in [6.07, 6.45) is 0. The van der Waals surface area contributed by atoms with E-state index in [2.05, 4.69) is 96.0 Å². The Balaban J connectivity index is 1.46. The molecule has 0 amide bonds. The van der Waals surface area contributed by atoms with Crippen molar-refractivity contribution in [1.82, 2.24) is 15.0 Å². The van der Waals surface area contributed by atoms with Gasteiger partial charge in [-0.15, -0.1) is 11.3 Å². The van der Waals surface area contributed by atoms with Crippen molar-refractivity contribution in [1.29, 1.82) is 0 Å². The van der Waals surface area contributed by atoms with E-state index in [9.17, 15) is 0 Å². The molecule has 0 spiro atoms. The van der Waals surface area contributed by atoms with Crippen molar-refractivity contribution in [2.24, 2.45) is 0 Å².